The summed E-state index contributed by atoms with van der Waals surface area (Å²) in [5.41, 5.74) is 1.45. The number of fused-ring (bicyclic) bond motifs is 3. The maximum absolute atomic E-state index is 14.0. The number of benzene rings is 1. The van der Waals surface area contributed by atoms with E-state index in [2.05, 4.69) is 12.4 Å². The number of rotatable bonds is 2. The highest BCUT2D eigenvalue weighted by Crippen LogP contribution is 2.53. The van der Waals surface area contributed by atoms with Gasteiger partial charge >= 0.3 is 0 Å². The second-order valence-corrected chi connectivity index (χ2v) is 5.79. The zero-order chi connectivity index (χ0) is 11.9. The lowest BCUT2D eigenvalue weighted by Crippen LogP contribution is -2.55. The Morgan fingerprint density at radius 2 is 1.59 bits per heavy atom. The molecule has 2 heteroatoms. The van der Waals surface area contributed by atoms with Crippen LogP contribution in [0.4, 0.5) is 4.39 Å². The van der Waals surface area contributed by atoms with Gasteiger partial charge < -0.3 is 5.32 Å². The summed E-state index contributed by atoms with van der Waals surface area (Å²) in [6.45, 7) is 0. The molecular weight excluding hydrogens is 213 g/mol. The van der Waals surface area contributed by atoms with Crippen LogP contribution in [0.2, 0.25) is 0 Å². The van der Waals surface area contributed by atoms with Crippen molar-refractivity contribution in [1.82, 2.24) is 5.32 Å². The lowest BCUT2D eigenvalue weighted by molar-refractivity contribution is 0.0811. The number of halogens is 1. The molecule has 1 aromatic rings. The summed E-state index contributed by atoms with van der Waals surface area (Å²) in [5.74, 6) is -0.00800. The van der Waals surface area contributed by atoms with Gasteiger partial charge in [0.2, 0.25) is 0 Å². The zero-order valence-electron chi connectivity index (χ0n) is 10.4. The van der Waals surface area contributed by atoms with E-state index in [-0.39, 0.29) is 11.2 Å². The molecule has 1 N–H and O–H groups in total. The topological polar surface area (TPSA) is 12.0 Å². The molecule has 17 heavy (non-hydrogen) atoms. The molecule has 0 saturated heterocycles. The molecule has 1 aromatic carbocycles. The molecule has 0 spiro atoms. The lowest BCUT2D eigenvalue weighted by Gasteiger charge is -2.53. The molecule has 3 aliphatic carbocycles. The first-order chi connectivity index (χ1) is 8.20. The molecule has 3 fully saturated rings. The Kier molecular flexibility index (Phi) is 2.51. The van der Waals surface area contributed by atoms with Crippen molar-refractivity contribution in [2.24, 2.45) is 0 Å². The summed E-state index contributed by atoms with van der Waals surface area (Å²) >= 11 is 0. The molecular formula is C15H20FN. The highest BCUT2D eigenvalue weighted by atomic mass is 19.1. The third-order valence-electron chi connectivity index (χ3n) is 5.22. The van der Waals surface area contributed by atoms with Crippen molar-refractivity contribution in [2.75, 3.05) is 7.05 Å². The van der Waals surface area contributed by atoms with E-state index in [1.54, 1.807) is 12.1 Å². The second-order valence-electron chi connectivity index (χ2n) is 5.79. The van der Waals surface area contributed by atoms with E-state index in [9.17, 15) is 4.39 Å². The summed E-state index contributed by atoms with van der Waals surface area (Å²) in [6.07, 6.45) is 6.98. The Morgan fingerprint density at radius 3 is 2.12 bits per heavy atom. The molecule has 0 aromatic heterocycles. The van der Waals surface area contributed by atoms with Crippen LogP contribution in [0, 0.1) is 5.82 Å². The quantitative estimate of drug-likeness (QED) is 0.825. The molecule has 0 amide bonds. The minimum atomic E-state index is -0.00800. The van der Waals surface area contributed by atoms with Crippen molar-refractivity contribution in [3.8, 4) is 0 Å². The van der Waals surface area contributed by atoms with Gasteiger partial charge in [0.15, 0.2) is 0 Å². The van der Waals surface area contributed by atoms with Gasteiger partial charge in [0, 0.05) is 5.54 Å². The maximum Gasteiger partial charge on any atom is 0.126 e. The first-order valence-electron chi connectivity index (χ1n) is 6.64. The van der Waals surface area contributed by atoms with Crippen LogP contribution in [0.15, 0.2) is 24.3 Å². The van der Waals surface area contributed by atoms with Crippen molar-refractivity contribution in [3.63, 3.8) is 0 Å². The van der Waals surface area contributed by atoms with E-state index in [1.165, 1.54) is 19.3 Å². The lowest BCUT2D eigenvalue weighted by atomic mass is 9.55. The first kappa shape index (κ1) is 11.2. The van der Waals surface area contributed by atoms with Crippen LogP contribution < -0.4 is 5.32 Å². The van der Waals surface area contributed by atoms with E-state index >= 15 is 0 Å². The minimum Gasteiger partial charge on any atom is -0.314 e. The van der Waals surface area contributed by atoms with Gasteiger partial charge in [-0.25, -0.2) is 4.39 Å². The molecule has 0 atom stereocenters. The van der Waals surface area contributed by atoms with Crippen LogP contribution in [0.5, 0.6) is 0 Å². The summed E-state index contributed by atoms with van der Waals surface area (Å²) in [4.78, 5) is 0. The standard InChI is InChI=1S/C15H20FN/c1-17-15-9-6-14(7-10-15,8-11-15)12-4-2-3-5-13(12)16/h2-5,17H,6-11H2,1H3. The fourth-order valence-corrected chi connectivity index (χ4v) is 3.86. The molecule has 92 valence electrons. The molecule has 3 saturated carbocycles. The smallest absolute Gasteiger partial charge is 0.126 e. The SMILES string of the molecule is CNC12CCC(c3ccccc3F)(CC1)CC2. The average molecular weight is 233 g/mol. The van der Waals surface area contributed by atoms with E-state index in [1.807, 2.05) is 12.1 Å². The van der Waals surface area contributed by atoms with Crippen molar-refractivity contribution in [1.29, 1.82) is 0 Å². The van der Waals surface area contributed by atoms with Gasteiger partial charge in [-0.2, -0.15) is 0 Å². The summed E-state index contributed by atoms with van der Waals surface area (Å²) < 4.78 is 14.0. The van der Waals surface area contributed by atoms with E-state index in [4.69, 9.17) is 0 Å². The molecule has 1 nitrogen and oxygen atoms in total. The Morgan fingerprint density at radius 1 is 1.00 bits per heavy atom. The predicted octanol–water partition coefficient (Wildman–Crippen LogP) is 3.39. The Bertz CT molecular complexity index is 402. The fourth-order valence-electron chi connectivity index (χ4n) is 3.86. The van der Waals surface area contributed by atoms with Gasteiger partial charge in [-0.1, -0.05) is 18.2 Å². The molecule has 2 bridgehead atoms. The zero-order valence-corrected chi connectivity index (χ0v) is 10.4. The third kappa shape index (κ3) is 1.61. The van der Waals surface area contributed by atoms with Crippen LogP contribution in [0.1, 0.15) is 44.1 Å². The van der Waals surface area contributed by atoms with Gasteiger partial charge in [-0.3, -0.25) is 0 Å². The van der Waals surface area contributed by atoms with Gasteiger partial charge in [0.1, 0.15) is 5.82 Å². The monoisotopic (exact) mass is 233 g/mol. The van der Waals surface area contributed by atoms with Crippen molar-refractivity contribution < 1.29 is 4.39 Å². The molecule has 0 heterocycles. The van der Waals surface area contributed by atoms with Crippen LogP contribution >= 0.6 is 0 Å². The average Bonchev–Trinajstić information content (AvgIpc) is 2.41. The van der Waals surface area contributed by atoms with Crippen LogP contribution in [-0.2, 0) is 5.41 Å². The van der Waals surface area contributed by atoms with Gasteiger partial charge in [0.25, 0.3) is 0 Å². The number of hydrogen-bond donors (Lipinski definition) is 1. The molecule has 0 radical (unpaired) electrons. The summed E-state index contributed by atoms with van der Waals surface area (Å²) in [5, 5.41) is 3.49. The minimum absolute atomic E-state index is 0.00800. The van der Waals surface area contributed by atoms with E-state index < -0.39 is 0 Å². The fraction of sp³-hybridized carbons (Fsp3) is 0.600. The number of hydrogen-bond acceptors (Lipinski definition) is 1. The largest absolute Gasteiger partial charge is 0.314 e. The van der Waals surface area contributed by atoms with Crippen molar-refractivity contribution in [2.45, 2.75) is 49.5 Å². The van der Waals surface area contributed by atoms with E-state index in [0.717, 1.165) is 24.8 Å². The van der Waals surface area contributed by atoms with Crippen molar-refractivity contribution in [3.05, 3.63) is 35.6 Å². The molecule has 0 unspecified atom stereocenters. The van der Waals surface area contributed by atoms with Gasteiger partial charge in [-0.15, -0.1) is 0 Å². The number of nitrogens with one attached hydrogen (secondary N) is 1. The Balaban J connectivity index is 1.93. The summed E-state index contributed by atoms with van der Waals surface area (Å²) in [6, 6.07) is 7.37. The highest BCUT2D eigenvalue weighted by molar-refractivity contribution is 5.30. The van der Waals surface area contributed by atoms with Crippen LogP contribution in [0.3, 0.4) is 0 Å². The Hall–Kier alpha value is -0.890. The van der Waals surface area contributed by atoms with Gasteiger partial charge in [0.05, 0.1) is 0 Å². The molecule has 3 aliphatic rings. The van der Waals surface area contributed by atoms with Crippen molar-refractivity contribution >= 4 is 0 Å². The first-order valence-corrected chi connectivity index (χ1v) is 6.64. The normalized spacial score (nSPS) is 36.1. The maximum atomic E-state index is 14.0. The highest BCUT2D eigenvalue weighted by Gasteiger charge is 2.49. The molecule has 0 aliphatic heterocycles. The third-order valence-corrected chi connectivity index (χ3v) is 5.22. The van der Waals surface area contributed by atoms with Crippen LogP contribution in [-0.4, -0.2) is 12.6 Å². The second kappa shape index (κ2) is 3.81. The van der Waals surface area contributed by atoms with Crippen LogP contribution in [0.25, 0.3) is 0 Å². The molecule has 4 rings (SSSR count). The van der Waals surface area contributed by atoms with E-state index in [0.29, 0.717) is 5.54 Å². The predicted molar refractivity (Wildman–Crippen MR) is 67.6 cm³/mol. The Labute approximate surface area is 102 Å². The summed E-state index contributed by atoms with van der Waals surface area (Å²) in [7, 11) is 2.07. The van der Waals surface area contributed by atoms with Gasteiger partial charge in [-0.05, 0) is 62.6 Å².